The van der Waals surface area contributed by atoms with Gasteiger partial charge in [0.25, 0.3) is 0 Å². The van der Waals surface area contributed by atoms with Gasteiger partial charge in [-0.25, -0.2) is 0 Å². The van der Waals surface area contributed by atoms with Crippen LogP contribution >= 0.6 is 11.6 Å². The average molecular weight is 267 g/mol. The van der Waals surface area contributed by atoms with Crippen LogP contribution in [-0.2, 0) is 17.9 Å². The molecular formula is C13H15ClN2O2. The molecule has 0 amide bonds. The highest BCUT2D eigenvalue weighted by Crippen LogP contribution is 2.06. The van der Waals surface area contributed by atoms with Gasteiger partial charge in [-0.05, 0) is 5.56 Å². The molecule has 1 N–H and O–H groups in total. The SMILES string of the molecule is OC(COCc1ccccc1)Cn1cc(Cl)cn1. The van der Waals surface area contributed by atoms with E-state index >= 15 is 0 Å². The largest absolute Gasteiger partial charge is 0.389 e. The molecule has 1 heterocycles. The molecule has 0 aliphatic carbocycles. The molecular weight excluding hydrogens is 252 g/mol. The molecule has 5 heteroatoms. The standard InChI is InChI=1S/C13H15ClN2O2/c14-12-6-15-16(7-12)8-13(17)10-18-9-11-4-2-1-3-5-11/h1-7,13,17H,8-10H2. The molecule has 0 aliphatic rings. The Kier molecular flexibility index (Phi) is 4.75. The van der Waals surface area contributed by atoms with Crippen molar-refractivity contribution in [1.29, 1.82) is 0 Å². The van der Waals surface area contributed by atoms with Crippen LogP contribution in [0.5, 0.6) is 0 Å². The molecule has 2 aromatic rings. The highest BCUT2D eigenvalue weighted by atomic mass is 35.5. The Hall–Kier alpha value is -1.36. The lowest BCUT2D eigenvalue weighted by atomic mass is 10.2. The first kappa shape index (κ1) is 13.1. The van der Waals surface area contributed by atoms with Crippen molar-refractivity contribution in [2.75, 3.05) is 6.61 Å². The van der Waals surface area contributed by atoms with E-state index in [2.05, 4.69) is 5.10 Å². The Labute approximate surface area is 111 Å². The summed E-state index contributed by atoms with van der Waals surface area (Å²) in [7, 11) is 0. The lowest BCUT2D eigenvalue weighted by Crippen LogP contribution is -2.22. The molecule has 18 heavy (non-hydrogen) atoms. The third-order valence-electron chi connectivity index (χ3n) is 2.42. The van der Waals surface area contributed by atoms with Crippen molar-refractivity contribution >= 4 is 11.6 Å². The minimum Gasteiger partial charge on any atom is -0.389 e. The zero-order valence-corrected chi connectivity index (χ0v) is 10.6. The number of halogens is 1. The van der Waals surface area contributed by atoms with E-state index < -0.39 is 6.10 Å². The second-order valence-corrected chi connectivity index (χ2v) is 4.47. The van der Waals surface area contributed by atoms with Crippen LogP contribution in [0.15, 0.2) is 42.7 Å². The first-order valence-corrected chi connectivity index (χ1v) is 6.09. The van der Waals surface area contributed by atoms with E-state index in [1.807, 2.05) is 30.3 Å². The first-order valence-electron chi connectivity index (χ1n) is 5.72. The Morgan fingerprint density at radius 2 is 2.11 bits per heavy atom. The summed E-state index contributed by atoms with van der Waals surface area (Å²) in [4.78, 5) is 0. The van der Waals surface area contributed by atoms with Crippen LogP contribution in [0, 0.1) is 0 Å². The van der Waals surface area contributed by atoms with Crippen LogP contribution in [0.2, 0.25) is 5.02 Å². The van der Waals surface area contributed by atoms with Crippen molar-refractivity contribution in [3.8, 4) is 0 Å². The molecule has 1 aromatic heterocycles. The highest BCUT2D eigenvalue weighted by Gasteiger charge is 2.06. The number of hydrogen-bond acceptors (Lipinski definition) is 3. The van der Waals surface area contributed by atoms with Crippen LogP contribution < -0.4 is 0 Å². The van der Waals surface area contributed by atoms with Gasteiger partial charge in [0, 0.05) is 6.20 Å². The van der Waals surface area contributed by atoms with E-state index in [4.69, 9.17) is 16.3 Å². The van der Waals surface area contributed by atoms with E-state index in [0.29, 0.717) is 18.2 Å². The molecule has 96 valence electrons. The molecule has 4 nitrogen and oxygen atoms in total. The maximum Gasteiger partial charge on any atom is 0.0969 e. The van der Waals surface area contributed by atoms with Crippen LogP contribution in [0.1, 0.15) is 5.56 Å². The molecule has 0 radical (unpaired) electrons. The zero-order chi connectivity index (χ0) is 12.8. The number of aliphatic hydroxyl groups excluding tert-OH is 1. The third kappa shape index (κ3) is 4.14. The van der Waals surface area contributed by atoms with Crippen molar-refractivity contribution in [3.63, 3.8) is 0 Å². The number of rotatable bonds is 6. The van der Waals surface area contributed by atoms with Crippen molar-refractivity contribution in [2.24, 2.45) is 0 Å². The maximum absolute atomic E-state index is 9.76. The second kappa shape index (κ2) is 6.54. The van der Waals surface area contributed by atoms with Crippen LogP contribution in [0.3, 0.4) is 0 Å². The van der Waals surface area contributed by atoms with Crippen LogP contribution in [0.25, 0.3) is 0 Å². The van der Waals surface area contributed by atoms with Gasteiger partial charge in [0.15, 0.2) is 0 Å². The van der Waals surface area contributed by atoms with Crippen molar-refractivity contribution < 1.29 is 9.84 Å². The van der Waals surface area contributed by atoms with Crippen molar-refractivity contribution in [1.82, 2.24) is 9.78 Å². The summed E-state index contributed by atoms with van der Waals surface area (Å²) in [5.74, 6) is 0. The summed E-state index contributed by atoms with van der Waals surface area (Å²) in [6, 6.07) is 9.85. The fraction of sp³-hybridized carbons (Fsp3) is 0.308. The topological polar surface area (TPSA) is 47.3 Å². The Morgan fingerprint density at radius 3 is 2.78 bits per heavy atom. The van der Waals surface area contributed by atoms with Gasteiger partial charge >= 0.3 is 0 Å². The number of ether oxygens (including phenoxy) is 1. The first-order chi connectivity index (χ1) is 8.74. The highest BCUT2D eigenvalue weighted by molar-refractivity contribution is 6.30. The Morgan fingerprint density at radius 1 is 1.33 bits per heavy atom. The van der Waals surface area contributed by atoms with E-state index in [9.17, 15) is 5.11 Å². The van der Waals surface area contributed by atoms with Gasteiger partial charge in [-0.2, -0.15) is 5.10 Å². The predicted octanol–water partition coefficient (Wildman–Crippen LogP) is 2.11. The van der Waals surface area contributed by atoms with Gasteiger partial charge in [0.05, 0.1) is 37.1 Å². The number of nitrogens with zero attached hydrogens (tertiary/aromatic N) is 2. The maximum atomic E-state index is 9.76. The summed E-state index contributed by atoms with van der Waals surface area (Å²) in [6.45, 7) is 1.14. The minimum atomic E-state index is -0.593. The molecule has 1 atom stereocenters. The molecule has 0 bridgehead atoms. The molecule has 0 spiro atoms. The smallest absolute Gasteiger partial charge is 0.0969 e. The number of benzene rings is 1. The lowest BCUT2D eigenvalue weighted by Gasteiger charge is -2.11. The number of aromatic nitrogens is 2. The summed E-state index contributed by atoms with van der Waals surface area (Å²) < 4.78 is 7.03. The molecule has 2 rings (SSSR count). The van der Waals surface area contributed by atoms with Gasteiger partial charge in [-0.1, -0.05) is 41.9 Å². The van der Waals surface area contributed by atoms with E-state index in [-0.39, 0.29) is 6.61 Å². The summed E-state index contributed by atoms with van der Waals surface area (Å²) in [5.41, 5.74) is 1.09. The second-order valence-electron chi connectivity index (χ2n) is 4.04. The summed E-state index contributed by atoms with van der Waals surface area (Å²) in [6.07, 6.45) is 2.62. The fourth-order valence-corrected chi connectivity index (χ4v) is 1.75. The quantitative estimate of drug-likeness (QED) is 0.871. The molecule has 0 aliphatic heterocycles. The molecule has 1 unspecified atom stereocenters. The fourth-order valence-electron chi connectivity index (χ4n) is 1.59. The lowest BCUT2D eigenvalue weighted by molar-refractivity contribution is 0.0187. The summed E-state index contributed by atoms with van der Waals surface area (Å²) in [5, 5.41) is 14.3. The number of hydrogen-bond donors (Lipinski definition) is 1. The van der Waals surface area contributed by atoms with Gasteiger partial charge in [-0.3, -0.25) is 4.68 Å². The monoisotopic (exact) mass is 266 g/mol. The average Bonchev–Trinajstić information content (AvgIpc) is 2.76. The zero-order valence-electron chi connectivity index (χ0n) is 9.87. The van der Waals surface area contributed by atoms with Gasteiger partial charge < -0.3 is 9.84 Å². The van der Waals surface area contributed by atoms with E-state index in [1.54, 1.807) is 17.1 Å². The van der Waals surface area contributed by atoms with E-state index in [1.165, 1.54) is 0 Å². The predicted molar refractivity (Wildman–Crippen MR) is 69.3 cm³/mol. The molecule has 0 saturated heterocycles. The van der Waals surface area contributed by atoms with Crippen molar-refractivity contribution in [3.05, 3.63) is 53.3 Å². The van der Waals surface area contributed by atoms with Crippen LogP contribution in [-0.4, -0.2) is 27.6 Å². The molecule has 0 fully saturated rings. The Bertz CT molecular complexity index is 473. The van der Waals surface area contributed by atoms with Gasteiger partial charge in [-0.15, -0.1) is 0 Å². The van der Waals surface area contributed by atoms with E-state index in [0.717, 1.165) is 5.56 Å². The summed E-state index contributed by atoms with van der Waals surface area (Å²) >= 11 is 5.73. The van der Waals surface area contributed by atoms with Crippen molar-refractivity contribution in [2.45, 2.75) is 19.3 Å². The Balaban J connectivity index is 1.70. The normalized spacial score (nSPS) is 12.6. The minimum absolute atomic E-state index is 0.270. The molecule has 0 saturated carbocycles. The van der Waals surface area contributed by atoms with Crippen LogP contribution in [0.4, 0.5) is 0 Å². The van der Waals surface area contributed by atoms with Gasteiger partial charge in [0.2, 0.25) is 0 Å². The number of aliphatic hydroxyl groups is 1. The van der Waals surface area contributed by atoms with Gasteiger partial charge in [0.1, 0.15) is 0 Å². The third-order valence-corrected chi connectivity index (χ3v) is 2.62. The molecule has 1 aromatic carbocycles.